The van der Waals surface area contributed by atoms with E-state index in [1.54, 1.807) is 0 Å². The molecule has 88 valence electrons. The smallest absolute Gasteiger partial charge is 0.321 e. The second-order valence-corrected chi connectivity index (χ2v) is 3.85. The van der Waals surface area contributed by atoms with E-state index < -0.39 is 12.0 Å². The van der Waals surface area contributed by atoms with Crippen LogP contribution in [-0.2, 0) is 11.2 Å². The van der Waals surface area contributed by atoms with Crippen molar-refractivity contribution in [2.45, 2.75) is 12.5 Å². The van der Waals surface area contributed by atoms with Crippen LogP contribution in [0.1, 0.15) is 5.56 Å². The molecule has 0 aliphatic rings. The number of carboxylic acids is 1. The maximum atomic E-state index is 11.1. The number of hydrogen-bond acceptors (Lipinski definition) is 2. The Morgan fingerprint density at radius 1 is 1.25 bits per heavy atom. The molecule has 0 heterocycles. The maximum Gasteiger partial charge on any atom is 0.321 e. The molecule has 1 aromatic carbocycles. The third-order valence-corrected chi connectivity index (χ3v) is 2.92. The molecule has 3 nitrogen and oxygen atoms in total. The summed E-state index contributed by atoms with van der Waals surface area (Å²) in [7, 11) is 0. The largest absolute Gasteiger partial charge is 0.480 e. The minimum atomic E-state index is -0.912. The summed E-state index contributed by atoms with van der Waals surface area (Å²) in [6.45, 7) is 0. The fourth-order valence-corrected chi connectivity index (χ4v) is 2.00. The van der Waals surface area contributed by atoms with E-state index in [0.717, 1.165) is 5.56 Å². The third-order valence-electron chi connectivity index (χ3n) is 2.30. The molecule has 0 radical (unpaired) electrons. The zero-order valence-corrected chi connectivity index (χ0v) is 10.2. The van der Waals surface area contributed by atoms with Crippen molar-refractivity contribution in [3.8, 4) is 0 Å². The molecular weight excluding hydrogens is 249 g/mol. The number of benzene rings is 1. The van der Waals surface area contributed by atoms with Crippen LogP contribution >= 0.6 is 23.2 Å². The van der Waals surface area contributed by atoms with Gasteiger partial charge in [-0.3, -0.25) is 9.69 Å². The summed E-state index contributed by atoms with van der Waals surface area (Å²) < 4.78 is 0. The Hall–Kier alpha value is -0.770. The Labute approximate surface area is 105 Å². The highest BCUT2D eigenvalue weighted by Crippen LogP contribution is 2.11. The van der Waals surface area contributed by atoms with E-state index in [1.807, 2.05) is 30.3 Å². The van der Waals surface area contributed by atoms with Crippen LogP contribution in [0.2, 0.25) is 0 Å². The van der Waals surface area contributed by atoms with Crippen LogP contribution in [0.15, 0.2) is 30.3 Å². The van der Waals surface area contributed by atoms with Gasteiger partial charge in [0.05, 0.1) is 12.0 Å². The van der Waals surface area contributed by atoms with E-state index in [9.17, 15) is 4.79 Å². The van der Waals surface area contributed by atoms with Crippen molar-refractivity contribution in [1.82, 2.24) is 4.90 Å². The Morgan fingerprint density at radius 2 is 1.81 bits per heavy atom. The van der Waals surface area contributed by atoms with Gasteiger partial charge < -0.3 is 5.11 Å². The van der Waals surface area contributed by atoms with Crippen molar-refractivity contribution in [2.75, 3.05) is 12.0 Å². The van der Waals surface area contributed by atoms with E-state index in [2.05, 4.69) is 0 Å². The number of halogens is 2. The SMILES string of the molecule is O=C(O)C(Cc1ccccc1)N(CCl)CCl. The molecule has 0 spiro atoms. The topological polar surface area (TPSA) is 40.5 Å². The molecule has 0 aliphatic carbocycles. The van der Waals surface area contributed by atoms with E-state index in [-0.39, 0.29) is 12.0 Å². The Bertz CT molecular complexity index is 328. The highest BCUT2D eigenvalue weighted by molar-refractivity contribution is 6.20. The summed E-state index contributed by atoms with van der Waals surface area (Å²) in [5.41, 5.74) is 0.954. The zero-order chi connectivity index (χ0) is 12.0. The first kappa shape index (κ1) is 13.3. The molecule has 0 fully saturated rings. The molecular formula is C11H13Cl2NO2. The number of nitrogens with zero attached hydrogens (tertiary/aromatic N) is 1. The Balaban J connectivity index is 2.76. The number of hydrogen-bond donors (Lipinski definition) is 1. The lowest BCUT2D eigenvalue weighted by molar-refractivity contribution is -0.142. The minimum Gasteiger partial charge on any atom is -0.480 e. The van der Waals surface area contributed by atoms with Crippen LogP contribution in [0, 0.1) is 0 Å². The third kappa shape index (κ3) is 3.67. The molecule has 0 aliphatic heterocycles. The standard InChI is InChI=1S/C11H13Cl2NO2/c12-7-14(8-13)10(11(15)16)6-9-4-2-1-3-5-9/h1-5,10H,6-8H2,(H,15,16). The highest BCUT2D eigenvalue weighted by atomic mass is 35.5. The Morgan fingerprint density at radius 3 is 2.25 bits per heavy atom. The van der Waals surface area contributed by atoms with Gasteiger partial charge in [0.25, 0.3) is 0 Å². The summed E-state index contributed by atoms with van der Waals surface area (Å²) in [4.78, 5) is 12.6. The number of carbonyl (C=O) groups is 1. The molecule has 0 bridgehead atoms. The molecule has 0 saturated carbocycles. The van der Waals surface area contributed by atoms with Gasteiger partial charge in [-0.05, 0) is 12.0 Å². The summed E-state index contributed by atoms with van der Waals surface area (Å²) in [6, 6.07) is 8.94. The van der Waals surface area contributed by atoms with Crippen molar-refractivity contribution in [2.24, 2.45) is 0 Å². The zero-order valence-electron chi connectivity index (χ0n) is 8.64. The molecule has 1 aromatic rings. The Kier molecular flexibility index (Phi) is 5.60. The normalized spacial score (nSPS) is 12.7. The lowest BCUT2D eigenvalue weighted by atomic mass is 10.1. The first-order valence-electron chi connectivity index (χ1n) is 4.81. The predicted molar refractivity (Wildman–Crippen MR) is 64.8 cm³/mol. The van der Waals surface area contributed by atoms with E-state index in [1.165, 1.54) is 4.90 Å². The van der Waals surface area contributed by atoms with Crippen molar-refractivity contribution in [1.29, 1.82) is 0 Å². The lowest BCUT2D eigenvalue weighted by Crippen LogP contribution is -2.41. The molecule has 16 heavy (non-hydrogen) atoms. The van der Waals surface area contributed by atoms with Gasteiger partial charge in [0.2, 0.25) is 0 Å². The van der Waals surface area contributed by atoms with Crippen molar-refractivity contribution in [3.05, 3.63) is 35.9 Å². The molecule has 0 amide bonds. The fraction of sp³-hybridized carbons (Fsp3) is 0.364. The summed E-state index contributed by atoms with van der Waals surface area (Å²) in [5.74, 6) is -0.912. The highest BCUT2D eigenvalue weighted by Gasteiger charge is 2.24. The van der Waals surface area contributed by atoms with Crippen LogP contribution < -0.4 is 0 Å². The van der Waals surface area contributed by atoms with Gasteiger partial charge in [-0.1, -0.05) is 30.3 Å². The van der Waals surface area contributed by atoms with Crippen LogP contribution in [0.25, 0.3) is 0 Å². The molecule has 0 aromatic heterocycles. The molecule has 0 saturated heterocycles. The van der Waals surface area contributed by atoms with E-state index in [0.29, 0.717) is 6.42 Å². The minimum absolute atomic E-state index is 0.104. The molecule has 1 atom stereocenters. The molecule has 1 N–H and O–H groups in total. The average Bonchev–Trinajstić information content (AvgIpc) is 2.30. The summed E-state index contributed by atoms with van der Waals surface area (Å²) >= 11 is 11.3. The van der Waals surface area contributed by atoms with E-state index in [4.69, 9.17) is 28.3 Å². The van der Waals surface area contributed by atoms with Gasteiger partial charge in [-0.25, -0.2) is 0 Å². The number of alkyl halides is 2. The second-order valence-electron chi connectivity index (χ2n) is 3.37. The number of aliphatic carboxylic acids is 1. The van der Waals surface area contributed by atoms with Crippen molar-refractivity contribution >= 4 is 29.2 Å². The van der Waals surface area contributed by atoms with Gasteiger partial charge >= 0.3 is 5.97 Å². The van der Waals surface area contributed by atoms with Gasteiger partial charge in [0, 0.05) is 0 Å². The lowest BCUT2D eigenvalue weighted by Gasteiger charge is -2.24. The van der Waals surface area contributed by atoms with Gasteiger partial charge in [-0.15, -0.1) is 23.2 Å². The predicted octanol–water partition coefficient (Wildman–Crippen LogP) is 2.38. The molecule has 5 heteroatoms. The summed E-state index contributed by atoms with van der Waals surface area (Å²) in [5, 5.41) is 9.11. The maximum absolute atomic E-state index is 11.1. The number of carboxylic acid groups (broad SMARTS) is 1. The quantitative estimate of drug-likeness (QED) is 0.632. The van der Waals surface area contributed by atoms with Crippen LogP contribution in [-0.4, -0.2) is 34.0 Å². The summed E-state index contributed by atoms with van der Waals surface area (Å²) in [6.07, 6.45) is 0.398. The van der Waals surface area contributed by atoms with Crippen LogP contribution in [0.4, 0.5) is 0 Å². The van der Waals surface area contributed by atoms with Gasteiger partial charge in [-0.2, -0.15) is 0 Å². The monoisotopic (exact) mass is 261 g/mol. The first-order valence-corrected chi connectivity index (χ1v) is 5.88. The average molecular weight is 262 g/mol. The van der Waals surface area contributed by atoms with Gasteiger partial charge in [0.15, 0.2) is 0 Å². The fourth-order valence-electron chi connectivity index (χ4n) is 1.41. The van der Waals surface area contributed by atoms with E-state index >= 15 is 0 Å². The number of rotatable bonds is 6. The van der Waals surface area contributed by atoms with Crippen molar-refractivity contribution < 1.29 is 9.90 Å². The van der Waals surface area contributed by atoms with Crippen LogP contribution in [0.3, 0.4) is 0 Å². The van der Waals surface area contributed by atoms with Gasteiger partial charge in [0.1, 0.15) is 6.04 Å². The second kappa shape index (κ2) is 6.74. The molecule has 1 rings (SSSR count). The molecule has 1 unspecified atom stereocenters. The van der Waals surface area contributed by atoms with Crippen molar-refractivity contribution in [3.63, 3.8) is 0 Å². The first-order chi connectivity index (χ1) is 7.69. The van der Waals surface area contributed by atoms with Crippen LogP contribution in [0.5, 0.6) is 0 Å².